The van der Waals surface area contributed by atoms with Gasteiger partial charge in [-0.3, -0.25) is 9.69 Å². The topological polar surface area (TPSA) is 35.6 Å². The zero-order chi connectivity index (χ0) is 19.4. The van der Waals surface area contributed by atoms with Crippen LogP contribution in [0.5, 0.6) is 0 Å². The molecule has 0 saturated carbocycles. The molecule has 1 N–H and O–H groups in total. The maximum atomic E-state index is 12.6. The van der Waals surface area contributed by atoms with E-state index in [2.05, 4.69) is 39.4 Å². The molecule has 1 saturated heterocycles. The van der Waals surface area contributed by atoms with Gasteiger partial charge >= 0.3 is 0 Å². The van der Waals surface area contributed by atoms with E-state index >= 15 is 0 Å². The van der Waals surface area contributed by atoms with Crippen molar-refractivity contribution in [3.8, 4) is 0 Å². The van der Waals surface area contributed by atoms with Gasteiger partial charge in [0, 0.05) is 31.4 Å². The molecule has 1 atom stereocenters. The summed E-state index contributed by atoms with van der Waals surface area (Å²) in [4.78, 5) is 17.1. The van der Waals surface area contributed by atoms with E-state index in [1.807, 2.05) is 14.1 Å². The second kappa shape index (κ2) is 8.96. The first-order valence-corrected chi connectivity index (χ1v) is 9.96. The molecular weight excluding hydrogens is 381 g/mol. The molecule has 144 valence electrons. The number of nitrogens with zero attached hydrogens (tertiary/aromatic N) is 2. The zero-order valence-corrected chi connectivity index (χ0v) is 17.2. The van der Waals surface area contributed by atoms with Crippen molar-refractivity contribution >= 4 is 34.8 Å². The smallest absolute Gasteiger partial charge is 0.252 e. The van der Waals surface area contributed by atoms with Crippen molar-refractivity contribution in [1.82, 2.24) is 10.2 Å². The highest BCUT2D eigenvalue weighted by atomic mass is 35.5. The van der Waals surface area contributed by atoms with Crippen molar-refractivity contribution in [2.24, 2.45) is 0 Å². The average molecular weight is 406 g/mol. The van der Waals surface area contributed by atoms with Gasteiger partial charge in [0.05, 0.1) is 16.6 Å². The lowest BCUT2D eigenvalue weighted by Gasteiger charge is -2.28. The second-order valence-corrected chi connectivity index (χ2v) is 7.92. The third-order valence-electron chi connectivity index (χ3n) is 5.01. The Morgan fingerprint density at radius 3 is 2.37 bits per heavy atom. The summed E-state index contributed by atoms with van der Waals surface area (Å²) in [6.07, 6.45) is 2.40. The van der Waals surface area contributed by atoms with Crippen LogP contribution in [0.2, 0.25) is 10.0 Å². The minimum absolute atomic E-state index is 0.152. The Balaban J connectivity index is 1.74. The lowest BCUT2D eigenvalue weighted by molar-refractivity contribution is 0.0938. The number of nitrogens with one attached hydrogen (secondary N) is 1. The summed E-state index contributed by atoms with van der Waals surface area (Å²) in [7, 11) is 4.06. The van der Waals surface area contributed by atoms with Gasteiger partial charge in [0.25, 0.3) is 5.91 Å². The maximum absolute atomic E-state index is 12.6. The van der Waals surface area contributed by atoms with Crippen LogP contribution in [0.25, 0.3) is 0 Å². The van der Waals surface area contributed by atoms with Crippen molar-refractivity contribution < 1.29 is 4.79 Å². The number of anilines is 1. The highest BCUT2D eigenvalue weighted by molar-refractivity contribution is 6.36. The van der Waals surface area contributed by atoms with Gasteiger partial charge in [0.15, 0.2) is 0 Å². The SMILES string of the molecule is CN(C)c1ccc(C(CNC(=O)c2ccc(Cl)cc2Cl)N2CCCC2)cc1. The van der Waals surface area contributed by atoms with Crippen LogP contribution in [-0.2, 0) is 0 Å². The van der Waals surface area contributed by atoms with Crippen molar-refractivity contribution in [1.29, 1.82) is 0 Å². The van der Waals surface area contributed by atoms with Crippen LogP contribution in [0.15, 0.2) is 42.5 Å². The third-order valence-corrected chi connectivity index (χ3v) is 5.56. The molecule has 3 rings (SSSR count). The monoisotopic (exact) mass is 405 g/mol. The molecular formula is C21H25Cl2N3O. The lowest BCUT2D eigenvalue weighted by Crippen LogP contribution is -2.36. The van der Waals surface area contributed by atoms with Gasteiger partial charge in [-0.15, -0.1) is 0 Å². The van der Waals surface area contributed by atoms with Gasteiger partial charge in [-0.05, 0) is 61.8 Å². The molecule has 27 heavy (non-hydrogen) atoms. The number of benzene rings is 2. The Morgan fingerprint density at radius 1 is 1.11 bits per heavy atom. The molecule has 2 aromatic carbocycles. The van der Waals surface area contributed by atoms with Crippen LogP contribution in [0, 0.1) is 0 Å². The van der Waals surface area contributed by atoms with E-state index < -0.39 is 0 Å². The highest BCUT2D eigenvalue weighted by Crippen LogP contribution is 2.27. The molecule has 0 aliphatic carbocycles. The highest BCUT2D eigenvalue weighted by Gasteiger charge is 2.24. The van der Waals surface area contributed by atoms with Gasteiger partial charge in [-0.1, -0.05) is 35.3 Å². The van der Waals surface area contributed by atoms with Gasteiger partial charge in [-0.2, -0.15) is 0 Å². The molecule has 1 fully saturated rings. The Bertz CT molecular complexity index is 787. The number of hydrogen-bond donors (Lipinski definition) is 1. The molecule has 1 heterocycles. The van der Waals surface area contributed by atoms with E-state index in [9.17, 15) is 4.79 Å². The lowest BCUT2D eigenvalue weighted by atomic mass is 10.0. The van der Waals surface area contributed by atoms with E-state index in [4.69, 9.17) is 23.2 Å². The molecule has 0 bridgehead atoms. The van der Waals surface area contributed by atoms with E-state index in [0.717, 1.165) is 18.8 Å². The van der Waals surface area contributed by atoms with Crippen molar-refractivity contribution in [2.75, 3.05) is 38.6 Å². The number of likely N-dealkylation sites (tertiary alicyclic amines) is 1. The van der Waals surface area contributed by atoms with Crippen LogP contribution in [0.4, 0.5) is 5.69 Å². The molecule has 1 aliphatic rings. The van der Waals surface area contributed by atoms with E-state index in [1.165, 1.54) is 18.4 Å². The maximum Gasteiger partial charge on any atom is 0.252 e. The second-order valence-electron chi connectivity index (χ2n) is 7.08. The first-order valence-electron chi connectivity index (χ1n) is 9.20. The minimum atomic E-state index is -0.175. The Labute approximate surface area is 171 Å². The molecule has 0 radical (unpaired) electrons. The Kier molecular flexibility index (Phi) is 6.64. The van der Waals surface area contributed by atoms with E-state index in [1.54, 1.807) is 18.2 Å². The number of amides is 1. The predicted octanol–water partition coefficient (Wildman–Crippen LogP) is 4.63. The first-order chi connectivity index (χ1) is 13.0. The summed E-state index contributed by atoms with van der Waals surface area (Å²) in [5.74, 6) is -0.175. The van der Waals surface area contributed by atoms with E-state index in [0.29, 0.717) is 22.2 Å². The fraction of sp³-hybridized carbons (Fsp3) is 0.381. The van der Waals surface area contributed by atoms with Gasteiger partial charge in [0.2, 0.25) is 0 Å². The molecule has 1 unspecified atom stereocenters. The van der Waals surface area contributed by atoms with Crippen LogP contribution in [0.1, 0.15) is 34.8 Å². The molecule has 0 aromatic heterocycles. The van der Waals surface area contributed by atoms with Gasteiger partial charge in [0.1, 0.15) is 0 Å². The third kappa shape index (κ3) is 4.95. The number of rotatable bonds is 6. The van der Waals surface area contributed by atoms with Crippen LogP contribution < -0.4 is 10.2 Å². The van der Waals surface area contributed by atoms with Crippen LogP contribution in [-0.4, -0.2) is 44.5 Å². The minimum Gasteiger partial charge on any atom is -0.378 e. The molecule has 1 aliphatic heterocycles. The average Bonchev–Trinajstić information content (AvgIpc) is 3.16. The summed E-state index contributed by atoms with van der Waals surface area (Å²) in [6.45, 7) is 2.65. The number of halogens is 2. The van der Waals surface area contributed by atoms with Gasteiger partial charge < -0.3 is 10.2 Å². The summed E-state index contributed by atoms with van der Waals surface area (Å²) >= 11 is 12.1. The van der Waals surface area contributed by atoms with Crippen LogP contribution >= 0.6 is 23.2 Å². The summed E-state index contributed by atoms with van der Waals surface area (Å²) in [5, 5.41) is 3.94. The molecule has 1 amide bonds. The van der Waals surface area contributed by atoms with Gasteiger partial charge in [-0.25, -0.2) is 0 Å². The van der Waals surface area contributed by atoms with E-state index in [-0.39, 0.29) is 11.9 Å². The first kappa shape index (κ1) is 20.0. The Morgan fingerprint density at radius 2 is 1.78 bits per heavy atom. The molecule has 4 nitrogen and oxygen atoms in total. The van der Waals surface area contributed by atoms with Crippen LogP contribution in [0.3, 0.4) is 0 Å². The molecule has 6 heteroatoms. The standard InChI is InChI=1S/C21H25Cl2N3O/c1-25(2)17-8-5-15(6-9-17)20(26-11-3-4-12-26)14-24-21(27)18-10-7-16(22)13-19(18)23/h5-10,13,20H,3-4,11-12,14H2,1-2H3,(H,24,27). The van der Waals surface area contributed by atoms with Crippen molar-refractivity contribution in [3.05, 3.63) is 63.6 Å². The number of hydrogen-bond acceptors (Lipinski definition) is 3. The number of carbonyl (C=O) groups excluding carboxylic acids is 1. The fourth-order valence-electron chi connectivity index (χ4n) is 3.46. The van der Waals surface area contributed by atoms with Crippen molar-refractivity contribution in [2.45, 2.75) is 18.9 Å². The quantitative estimate of drug-likeness (QED) is 0.760. The summed E-state index contributed by atoms with van der Waals surface area (Å²) < 4.78 is 0. The fourth-order valence-corrected chi connectivity index (χ4v) is 3.96. The van der Waals surface area contributed by atoms with Crippen molar-refractivity contribution in [3.63, 3.8) is 0 Å². The predicted molar refractivity (Wildman–Crippen MR) is 113 cm³/mol. The Hall–Kier alpha value is -1.75. The molecule has 2 aromatic rings. The summed E-state index contributed by atoms with van der Waals surface area (Å²) in [5.41, 5.74) is 2.82. The normalized spacial score (nSPS) is 15.6. The largest absolute Gasteiger partial charge is 0.378 e. The zero-order valence-electron chi connectivity index (χ0n) is 15.7. The molecule has 0 spiro atoms. The summed E-state index contributed by atoms with van der Waals surface area (Å²) in [6, 6.07) is 13.6. The number of carbonyl (C=O) groups is 1.